The minimum Gasteiger partial charge on any atom is -0.455 e. The maximum atomic E-state index is 13.8. The molecule has 3 aromatic rings. The van der Waals surface area contributed by atoms with Crippen molar-refractivity contribution in [2.45, 2.75) is 64.5 Å². The number of fused-ring (bicyclic) bond motifs is 1. The molecular weight excluding hydrogens is 584 g/mol. The Bertz CT molecular complexity index is 1620. The van der Waals surface area contributed by atoms with Gasteiger partial charge in [-0.2, -0.15) is 5.26 Å². The van der Waals surface area contributed by atoms with Crippen molar-refractivity contribution in [3.8, 4) is 6.07 Å². The number of hydrogen-bond donors (Lipinski definition) is 3. The van der Waals surface area contributed by atoms with Crippen LogP contribution in [0.4, 0.5) is 11.4 Å². The van der Waals surface area contributed by atoms with Gasteiger partial charge in [0.1, 0.15) is 17.3 Å². The number of aromatic nitrogens is 1. The molecule has 244 valence electrons. The fraction of sp³-hybridized carbons (Fsp3) is 0.457. The number of rotatable bonds is 10. The van der Waals surface area contributed by atoms with Crippen LogP contribution in [0.25, 0.3) is 10.9 Å². The molecule has 1 atom stereocenters. The lowest BCUT2D eigenvalue weighted by atomic mass is 9.82. The third-order valence-corrected chi connectivity index (χ3v) is 7.98. The van der Waals surface area contributed by atoms with Crippen molar-refractivity contribution >= 4 is 46.0 Å². The van der Waals surface area contributed by atoms with E-state index in [1.54, 1.807) is 61.9 Å². The number of anilines is 2. The van der Waals surface area contributed by atoms with Crippen LogP contribution in [0.2, 0.25) is 0 Å². The van der Waals surface area contributed by atoms with Gasteiger partial charge in [0.05, 0.1) is 12.6 Å². The number of benzene rings is 2. The van der Waals surface area contributed by atoms with E-state index in [2.05, 4.69) is 21.7 Å². The molecule has 1 heterocycles. The van der Waals surface area contributed by atoms with E-state index < -0.39 is 23.5 Å². The molecule has 1 aliphatic rings. The number of nitrogens with zero attached hydrogens (tertiary/aromatic N) is 3. The summed E-state index contributed by atoms with van der Waals surface area (Å²) in [7, 11) is 5.36. The lowest BCUT2D eigenvalue weighted by molar-refractivity contribution is -0.130. The van der Waals surface area contributed by atoms with E-state index in [1.165, 1.54) is 0 Å². The van der Waals surface area contributed by atoms with E-state index >= 15 is 0 Å². The van der Waals surface area contributed by atoms with Crippen LogP contribution in [-0.4, -0.2) is 72.9 Å². The van der Waals surface area contributed by atoms with Crippen LogP contribution >= 0.6 is 0 Å². The first-order chi connectivity index (χ1) is 21.7. The zero-order valence-corrected chi connectivity index (χ0v) is 27.5. The largest absolute Gasteiger partial charge is 0.455 e. The van der Waals surface area contributed by atoms with Gasteiger partial charge < -0.3 is 30.2 Å². The molecule has 0 radical (unpaired) electrons. The number of esters is 1. The lowest BCUT2D eigenvalue weighted by Gasteiger charge is -2.27. The third kappa shape index (κ3) is 9.17. The summed E-state index contributed by atoms with van der Waals surface area (Å²) in [6.07, 6.45) is 2.70. The van der Waals surface area contributed by atoms with Crippen LogP contribution in [0.1, 0.15) is 62.5 Å². The average molecular weight is 629 g/mol. The lowest BCUT2D eigenvalue weighted by Crippen LogP contribution is -2.47. The van der Waals surface area contributed by atoms with E-state index in [9.17, 15) is 24.4 Å². The summed E-state index contributed by atoms with van der Waals surface area (Å²) >= 11 is 0. The van der Waals surface area contributed by atoms with E-state index in [4.69, 9.17) is 4.74 Å². The first-order valence-corrected chi connectivity index (χ1v) is 15.6. The first kappa shape index (κ1) is 34.2. The van der Waals surface area contributed by atoms with Crippen LogP contribution in [0.5, 0.6) is 0 Å². The molecule has 0 spiro atoms. The second kappa shape index (κ2) is 14.6. The summed E-state index contributed by atoms with van der Waals surface area (Å²) in [4.78, 5) is 58.8. The van der Waals surface area contributed by atoms with E-state index in [-0.39, 0.29) is 36.6 Å². The van der Waals surface area contributed by atoms with Gasteiger partial charge in [-0.3, -0.25) is 14.4 Å². The van der Waals surface area contributed by atoms with Crippen molar-refractivity contribution in [2.24, 2.45) is 11.8 Å². The smallest absolute Gasteiger partial charge is 0.355 e. The Balaban J connectivity index is 1.54. The number of aromatic amines is 1. The molecule has 3 amide bonds. The minimum atomic E-state index is -0.904. The standard InChI is InChI=1S/C35H44N6O5/c1-35(2,3)46-34(45)30-19-25-18-26(14-15-28(25)38-30)37-33(44)29(39-32(43)24-12-10-22(20-36)11-13-24)17-23-8-7-9-27(16-23)41(6)31(42)21-40(4)5/h7-9,14-16,18-19,22,24,29,38H,10-13,17,21H2,1-6H3,(H,37,44)(H,39,43). The van der Waals surface area contributed by atoms with Gasteiger partial charge in [-0.05, 0) is 103 Å². The summed E-state index contributed by atoms with van der Waals surface area (Å²) in [6, 6.07) is 15.7. The Hall–Kier alpha value is -4.69. The van der Waals surface area contributed by atoms with Crippen molar-refractivity contribution in [2.75, 3.05) is 37.9 Å². The van der Waals surface area contributed by atoms with Crippen molar-refractivity contribution in [3.63, 3.8) is 0 Å². The fourth-order valence-corrected chi connectivity index (χ4v) is 5.51. The number of nitrogens with one attached hydrogen (secondary N) is 3. The molecule has 1 saturated carbocycles. The number of ether oxygens (including phenoxy) is 1. The highest BCUT2D eigenvalue weighted by Crippen LogP contribution is 2.29. The molecular formula is C35H44N6O5. The zero-order valence-electron chi connectivity index (χ0n) is 27.5. The first-order valence-electron chi connectivity index (χ1n) is 15.6. The van der Waals surface area contributed by atoms with E-state index in [0.29, 0.717) is 53.7 Å². The highest BCUT2D eigenvalue weighted by atomic mass is 16.6. The Morgan fingerprint density at radius 3 is 2.39 bits per heavy atom. The van der Waals surface area contributed by atoms with Gasteiger partial charge in [-0.1, -0.05) is 12.1 Å². The van der Waals surface area contributed by atoms with Crippen molar-refractivity contribution < 1.29 is 23.9 Å². The van der Waals surface area contributed by atoms with Gasteiger partial charge in [-0.25, -0.2) is 4.79 Å². The predicted octanol–water partition coefficient (Wildman–Crippen LogP) is 4.64. The number of nitriles is 1. The Morgan fingerprint density at radius 1 is 1.02 bits per heavy atom. The van der Waals surface area contributed by atoms with Crippen molar-refractivity contribution in [3.05, 3.63) is 59.8 Å². The molecule has 0 saturated heterocycles. The van der Waals surface area contributed by atoms with Gasteiger partial charge in [0.25, 0.3) is 0 Å². The summed E-state index contributed by atoms with van der Waals surface area (Å²) < 4.78 is 5.47. The maximum Gasteiger partial charge on any atom is 0.355 e. The number of likely N-dealkylation sites (N-methyl/N-ethyl adjacent to an activating group) is 2. The maximum absolute atomic E-state index is 13.8. The molecule has 0 aliphatic heterocycles. The van der Waals surface area contributed by atoms with Crippen LogP contribution < -0.4 is 15.5 Å². The molecule has 1 aliphatic carbocycles. The number of carbonyl (C=O) groups excluding carboxylic acids is 4. The van der Waals surface area contributed by atoms with Crippen molar-refractivity contribution in [1.82, 2.24) is 15.2 Å². The number of amides is 3. The molecule has 1 fully saturated rings. The molecule has 0 bridgehead atoms. The van der Waals surface area contributed by atoms with Gasteiger partial charge >= 0.3 is 5.97 Å². The number of H-pyrrole nitrogens is 1. The summed E-state index contributed by atoms with van der Waals surface area (Å²) in [5.41, 5.74) is 2.34. The number of hydrogen-bond acceptors (Lipinski definition) is 7. The molecule has 4 rings (SSSR count). The number of carbonyl (C=O) groups is 4. The van der Waals surface area contributed by atoms with Gasteiger partial charge in [0.15, 0.2) is 0 Å². The van der Waals surface area contributed by atoms with Crippen LogP contribution in [0.3, 0.4) is 0 Å². The Kier molecular flexibility index (Phi) is 10.9. The second-order valence-corrected chi connectivity index (χ2v) is 13.3. The topological polar surface area (TPSA) is 148 Å². The fourth-order valence-electron chi connectivity index (χ4n) is 5.51. The molecule has 3 N–H and O–H groups in total. The second-order valence-electron chi connectivity index (χ2n) is 13.3. The molecule has 2 aromatic carbocycles. The van der Waals surface area contributed by atoms with Gasteiger partial charge in [0.2, 0.25) is 17.7 Å². The summed E-state index contributed by atoms with van der Waals surface area (Å²) in [5.74, 6) is -1.48. The molecule has 46 heavy (non-hydrogen) atoms. The minimum absolute atomic E-state index is 0.0442. The summed E-state index contributed by atoms with van der Waals surface area (Å²) in [6.45, 7) is 5.65. The quantitative estimate of drug-likeness (QED) is 0.277. The molecule has 11 nitrogen and oxygen atoms in total. The SMILES string of the molecule is CN(C)CC(=O)N(C)c1cccc(CC(NC(=O)C2CCC(C#N)CC2)C(=O)Nc2ccc3[nH]c(C(=O)OC(C)(C)C)cc3c2)c1. The van der Waals surface area contributed by atoms with Gasteiger partial charge in [-0.15, -0.1) is 0 Å². The average Bonchev–Trinajstić information content (AvgIpc) is 3.43. The zero-order chi connectivity index (χ0) is 33.6. The van der Waals surface area contributed by atoms with Crippen LogP contribution in [0.15, 0.2) is 48.5 Å². The highest BCUT2D eigenvalue weighted by molar-refractivity contribution is 6.01. The van der Waals surface area contributed by atoms with E-state index in [1.807, 2.05) is 38.4 Å². The third-order valence-electron chi connectivity index (χ3n) is 7.98. The molecule has 1 unspecified atom stereocenters. The predicted molar refractivity (Wildman–Crippen MR) is 177 cm³/mol. The van der Waals surface area contributed by atoms with Crippen molar-refractivity contribution in [1.29, 1.82) is 5.26 Å². The normalized spacial score (nSPS) is 17.2. The summed E-state index contributed by atoms with van der Waals surface area (Å²) in [5, 5.41) is 15.9. The van der Waals surface area contributed by atoms with Gasteiger partial charge in [0, 0.05) is 47.6 Å². The Labute approximate surface area is 270 Å². The monoisotopic (exact) mass is 628 g/mol. The van der Waals surface area contributed by atoms with Crippen LogP contribution in [-0.2, 0) is 25.5 Å². The van der Waals surface area contributed by atoms with E-state index in [0.717, 1.165) is 5.56 Å². The molecule has 11 heteroatoms. The molecule has 1 aromatic heterocycles. The Morgan fingerprint density at radius 2 is 1.74 bits per heavy atom. The van der Waals surface area contributed by atoms with Crippen LogP contribution in [0, 0.1) is 23.2 Å². The highest BCUT2D eigenvalue weighted by Gasteiger charge is 2.30.